The van der Waals surface area contributed by atoms with Crippen LogP contribution in [0.4, 0.5) is 0 Å². The molecular formula is C2KN2O3. The molecule has 0 amide bonds. The van der Waals surface area contributed by atoms with Crippen LogP contribution in [0.2, 0.25) is 0 Å². The molecule has 0 spiro atoms. The molecule has 0 aliphatic rings. The molecule has 0 aliphatic carbocycles. The molecule has 0 aromatic rings. The van der Waals surface area contributed by atoms with Gasteiger partial charge in [-0.25, -0.2) is 9.78 Å². The predicted molar refractivity (Wildman–Crippen MR) is 20.2 cm³/mol. The van der Waals surface area contributed by atoms with E-state index in [1.54, 1.807) is 0 Å². The molecule has 0 saturated carbocycles. The van der Waals surface area contributed by atoms with E-state index in [0.29, 0.717) is 0 Å². The molecule has 37 valence electrons. The maximum absolute atomic E-state index is 7.51. The largest absolute Gasteiger partial charge is 0.329 e. The zero-order valence-corrected chi connectivity index (χ0v) is 7.24. The molecule has 0 aromatic heterocycles. The Morgan fingerprint density at radius 2 is 1.38 bits per heavy atom. The average molecular weight is 139 g/mol. The van der Waals surface area contributed by atoms with Gasteiger partial charge in [0.2, 0.25) is 0 Å². The third kappa shape index (κ3) is 9.49. The van der Waals surface area contributed by atoms with Crippen molar-refractivity contribution < 1.29 is 14.8 Å². The van der Waals surface area contributed by atoms with Crippen LogP contribution < -0.4 is 0 Å². The number of rotatable bonds is 2. The van der Waals surface area contributed by atoms with Gasteiger partial charge in [-0.05, 0) is 0 Å². The van der Waals surface area contributed by atoms with Crippen LogP contribution in [0.1, 0.15) is 0 Å². The van der Waals surface area contributed by atoms with E-state index in [0.717, 1.165) is 12.5 Å². The van der Waals surface area contributed by atoms with Gasteiger partial charge in [0.15, 0.2) is 0 Å². The van der Waals surface area contributed by atoms with Gasteiger partial charge in [0.05, 0.1) is 5.04 Å². The Labute approximate surface area is 88.0 Å². The van der Waals surface area contributed by atoms with Gasteiger partial charge in [-0.15, -0.1) is 10.5 Å². The summed E-state index contributed by atoms with van der Waals surface area (Å²) >= 11 is 0. The standard InChI is InChI=1S/C2N2O3.K/c3-1-5-7-6-2-4;. The summed E-state index contributed by atoms with van der Waals surface area (Å²) in [4.78, 5) is 6.87. The van der Waals surface area contributed by atoms with E-state index in [1.807, 2.05) is 0 Å². The second-order valence-corrected chi connectivity index (χ2v) is 0.417. The Kier molecular flexibility index (Phi) is 14.1. The number of nitriles is 2. The summed E-state index contributed by atoms with van der Waals surface area (Å²) in [5, 5.41) is 18.4. The molecular weight excluding hydrogens is 139 g/mol. The van der Waals surface area contributed by atoms with Crippen molar-refractivity contribution in [2.24, 2.45) is 0 Å². The zero-order valence-electron chi connectivity index (χ0n) is 4.12. The summed E-state index contributed by atoms with van der Waals surface area (Å²) in [6.45, 7) is 0. The van der Waals surface area contributed by atoms with Gasteiger partial charge in [0.25, 0.3) is 0 Å². The first kappa shape index (κ1) is 11.0. The van der Waals surface area contributed by atoms with Gasteiger partial charge in [0, 0.05) is 51.4 Å². The third-order valence-corrected chi connectivity index (χ3v) is 0.143. The van der Waals surface area contributed by atoms with Crippen molar-refractivity contribution in [3.8, 4) is 12.5 Å². The second kappa shape index (κ2) is 10.2. The minimum absolute atomic E-state index is 0. The summed E-state index contributed by atoms with van der Waals surface area (Å²) < 4.78 is 0. The average Bonchev–Trinajstić information content (AvgIpc) is 1.69. The Hall–Kier alpha value is 0.176. The van der Waals surface area contributed by atoms with Crippen molar-refractivity contribution in [3.63, 3.8) is 0 Å². The van der Waals surface area contributed by atoms with Crippen molar-refractivity contribution in [3.05, 3.63) is 0 Å². The molecule has 0 aromatic carbocycles. The Morgan fingerprint density at radius 1 is 1.00 bits per heavy atom. The van der Waals surface area contributed by atoms with E-state index in [4.69, 9.17) is 10.5 Å². The molecule has 0 unspecified atom stereocenters. The van der Waals surface area contributed by atoms with Gasteiger partial charge in [-0.2, -0.15) is 0 Å². The summed E-state index contributed by atoms with van der Waals surface area (Å²) in [5.41, 5.74) is 0. The van der Waals surface area contributed by atoms with Gasteiger partial charge < -0.3 is 0 Å². The van der Waals surface area contributed by atoms with Crippen LogP contribution in [0.5, 0.6) is 0 Å². The van der Waals surface area contributed by atoms with Crippen molar-refractivity contribution in [1.82, 2.24) is 0 Å². The Bertz CT molecular complexity index is 99.4. The van der Waals surface area contributed by atoms with Gasteiger partial charge in [0.1, 0.15) is 0 Å². The van der Waals surface area contributed by atoms with Crippen LogP contribution in [0.3, 0.4) is 0 Å². The molecule has 0 aliphatic heterocycles. The molecule has 0 fully saturated rings. The van der Waals surface area contributed by atoms with Crippen molar-refractivity contribution in [1.29, 1.82) is 10.5 Å². The fourth-order valence-electron chi connectivity index (χ4n) is 0.0474. The number of hydrogen-bond donors (Lipinski definition) is 0. The van der Waals surface area contributed by atoms with Gasteiger partial charge >= 0.3 is 12.5 Å². The predicted octanol–water partition coefficient (Wildman–Crippen LogP) is -0.552. The summed E-state index contributed by atoms with van der Waals surface area (Å²) in [5.74, 6) is 0. The van der Waals surface area contributed by atoms with E-state index in [-0.39, 0.29) is 51.4 Å². The first-order valence-corrected chi connectivity index (χ1v) is 1.19. The van der Waals surface area contributed by atoms with E-state index in [2.05, 4.69) is 14.8 Å². The first-order valence-electron chi connectivity index (χ1n) is 1.19. The van der Waals surface area contributed by atoms with E-state index >= 15 is 0 Å². The molecule has 0 N–H and O–H groups in total. The van der Waals surface area contributed by atoms with E-state index in [9.17, 15) is 0 Å². The van der Waals surface area contributed by atoms with Crippen LogP contribution in [-0.2, 0) is 14.8 Å². The SMILES string of the molecule is N#COOOC#N.[K]. The maximum Gasteiger partial charge on any atom is 0.329 e. The van der Waals surface area contributed by atoms with Gasteiger partial charge in [-0.3, -0.25) is 0 Å². The third-order valence-electron chi connectivity index (χ3n) is 0.143. The molecule has 0 atom stereocenters. The molecule has 0 heterocycles. The summed E-state index contributed by atoms with van der Waals surface area (Å²) in [6.07, 6.45) is 2.21. The zero-order chi connectivity index (χ0) is 5.54. The van der Waals surface area contributed by atoms with Crippen molar-refractivity contribution >= 4 is 51.4 Å². The van der Waals surface area contributed by atoms with Crippen LogP contribution in [0.15, 0.2) is 0 Å². The van der Waals surface area contributed by atoms with E-state index < -0.39 is 0 Å². The van der Waals surface area contributed by atoms with Gasteiger partial charge in [-0.1, -0.05) is 0 Å². The summed E-state index contributed by atoms with van der Waals surface area (Å²) in [7, 11) is 0. The van der Waals surface area contributed by atoms with Crippen molar-refractivity contribution in [2.75, 3.05) is 0 Å². The molecule has 0 bridgehead atoms. The molecule has 0 rings (SSSR count). The topological polar surface area (TPSA) is 75.3 Å². The number of hydrogen-bond acceptors (Lipinski definition) is 5. The Morgan fingerprint density at radius 3 is 1.62 bits per heavy atom. The fraction of sp³-hybridized carbons (Fsp3) is 0. The minimum Gasteiger partial charge on any atom is -0.214 e. The normalized spacial score (nSPS) is 4.75. The number of nitrogens with zero attached hydrogens (tertiary/aromatic N) is 2. The van der Waals surface area contributed by atoms with Crippen LogP contribution in [-0.4, -0.2) is 51.4 Å². The summed E-state index contributed by atoms with van der Waals surface area (Å²) in [6, 6.07) is 0. The molecule has 0 saturated heterocycles. The fourth-order valence-corrected chi connectivity index (χ4v) is 0.0474. The molecule has 1 radical (unpaired) electrons. The maximum atomic E-state index is 7.51. The van der Waals surface area contributed by atoms with Crippen molar-refractivity contribution in [2.45, 2.75) is 0 Å². The molecule has 5 nitrogen and oxygen atoms in total. The van der Waals surface area contributed by atoms with Crippen LogP contribution >= 0.6 is 0 Å². The second-order valence-electron chi connectivity index (χ2n) is 0.417. The molecule has 8 heavy (non-hydrogen) atoms. The smallest absolute Gasteiger partial charge is 0.214 e. The monoisotopic (exact) mass is 139 g/mol. The quantitative estimate of drug-likeness (QED) is 0.169. The van der Waals surface area contributed by atoms with E-state index in [1.165, 1.54) is 0 Å². The minimum atomic E-state index is 0. The van der Waals surface area contributed by atoms with Crippen LogP contribution in [0, 0.1) is 23.0 Å². The Balaban J connectivity index is 0. The van der Waals surface area contributed by atoms with Crippen LogP contribution in [0.25, 0.3) is 0 Å². The first-order chi connectivity index (χ1) is 3.41. The molecule has 6 heteroatoms.